The second-order valence-electron chi connectivity index (χ2n) is 5.41. The number of nitrogens with zero attached hydrogens (tertiary/aromatic N) is 2. The van der Waals surface area contributed by atoms with E-state index in [4.69, 9.17) is 5.73 Å². The van der Waals surface area contributed by atoms with Gasteiger partial charge in [0.05, 0.1) is 0 Å². The largest absolute Gasteiger partial charge is 0.329 e. The predicted molar refractivity (Wildman–Crippen MR) is 79.1 cm³/mol. The van der Waals surface area contributed by atoms with E-state index >= 15 is 0 Å². The molecular weight excluding hydrogens is 262 g/mol. The molecule has 1 heterocycles. The molecule has 1 fully saturated rings. The van der Waals surface area contributed by atoms with Gasteiger partial charge >= 0.3 is 0 Å². The van der Waals surface area contributed by atoms with Crippen LogP contribution in [-0.2, 0) is 10.2 Å². The maximum atomic E-state index is 12.8. The number of nitrogens with two attached hydrogens (primary N) is 1. The minimum absolute atomic E-state index is 0.0371. The Bertz CT molecular complexity index is 353. The van der Waals surface area contributed by atoms with Crippen LogP contribution in [0.3, 0.4) is 0 Å². The molecule has 0 amide bonds. The van der Waals surface area contributed by atoms with Crippen molar-refractivity contribution in [2.75, 3.05) is 19.6 Å². The fraction of sp³-hybridized carbons (Fsp3) is 1.00. The first-order valence-corrected chi connectivity index (χ1v) is 8.87. The molecule has 0 saturated carbocycles. The molecule has 1 aliphatic rings. The molecule has 0 aromatic heterocycles. The van der Waals surface area contributed by atoms with Crippen molar-refractivity contribution in [3.05, 3.63) is 0 Å². The lowest BCUT2D eigenvalue weighted by Gasteiger charge is -2.41. The van der Waals surface area contributed by atoms with E-state index in [1.807, 2.05) is 20.8 Å². The number of rotatable bonds is 7. The van der Waals surface area contributed by atoms with Crippen LogP contribution >= 0.6 is 0 Å². The molecule has 1 aliphatic heterocycles. The summed E-state index contributed by atoms with van der Waals surface area (Å²) in [4.78, 5) is 0. The highest BCUT2D eigenvalue weighted by molar-refractivity contribution is 7.86. The molecule has 2 atom stereocenters. The minimum atomic E-state index is -3.37. The first kappa shape index (κ1) is 16.9. The van der Waals surface area contributed by atoms with Crippen LogP contribution in [-0.4, -0.2) is 48.7 Å². The highest BCUT2D eigenvalue weighted by atomic mass is 32.2. The Morgan fingerprint density at radius 1 is 1.21 bits per heavy atom. The Morgan fingerprint density at radius 3 is 2.26 bits per heavy atom. The molecule has 0 aliphatic carbocycles. The Labute approximate surface area is 118 Å². The predicted octanol–water partition coefficient (Wildman–Crippen LogP) is 1.55. The van der Waals surface area contributed by atoms with Crippen LogP contribution < -0.4 is 5.73 Å². The molecule has 114 valence electrons. The van der Waals surface area contributed by atoms with Crippen molar-refractivity contribution >= 4 is 10.2 Å². The van der Waals surface area contributed by atoms with E-state index in [0.717, 1.165) is 32.1 Å². The minimum Gasteiger partial charge on any atom is -0.329 e. The Hall–Kier alpha value is -0.170. The standard InChI is InChI=1S/C13H29N3O2S/c1-4-9-15(10-5-2)19(17,18)16-12(3)7-6-8-13(16)11-14/h12-13H,4-11,14H2,1-3H3. The fourth-order valence-electron chi connectivity index (χ4n) is 2.88. The van der Waals surface area contributed by atoms with E-state index in [1.165, 1.54) is 0 Å². The lowest BCUT2D eigenvalue weighted by Crippen LogP contribution is -2.56. The highest BCUT2D eigenvalue weighted by Gasteiger charge is 2.39. The van der Waals surface area contributed by atoms with E-state index in [0.29, 0.717) is 19.6 Å². The molecule has 0 aromatic carbocycles. The fourth-order valence-corrected chi connectivity index (χ4v) is 5.10. The number of piperidine rings is 1. The lowest BCUT2D eigenvalue weighted by molar-refractivity contribution is 0.180. The molecule has 6 heteroatoms. The van der Waals surface area contributed by atoms with Gasteiger partial charge in [-0.15, -0.1) is 0 Å². The second kappa shape index (κ2) is 7.57. The van der Waals surface area contributed by atoms with Crippen molar-refractivity contribution in [3.63, 3.8) is 0 Å². The zero-order valence-electron chi connectivity index (χ0n) is 12.5. The van der Waals surface area contributed by atoms with Gasteiger partial charge in [0.15, 0.2) is 0 Å². The van der Waals surface area contributed by atoms with Gasteiger partial charge in [0, 0.05) is 31.7 Å². The van der Waals surface area contributed by atoms with E-state index in [1.54, 1.807) is 8.61 Å². The van der Waals surface area contributed by atoms with E-state index in [-0.39, 0.29) is 12.1 Å². The summed E-state index contributed by atoms with van der Waals surface area (Å²) in [7, 11) is -3.37. The average molecular weight is 291 g/mol. The summed E-state index contributed by atoms with van der Waals surface area (Å²) in [6.07, 6.45) is 4.56. The van der Waals surface area contributed by atoms with Gasteiger partial charge in [-0.25, -0.2) is 0 Å². The third-order valence-corrected chi connectivity index (χ3v) is 5.97. The van der Waals surface area contributed by atoms with Crippen LogP contribution in [0, 0.1) is 0 Å². The van der Waals surface area contributed by atoms with Gasteiger partial charge in [-0.2, -0.15) is 17.0 Å². The summed E-state index contributed by atoms with van der Waals surface area (Å²) >= 11 is 0. The summed E-state index contributed by atoms with van der Waals surface area (Å²) < 4.78 is 29.0. The van der Waals surface area contributed by atoms with Crippen molar-refractivity contribution < 1.29 is 8.42 Å². The SMILES string of the molecule is CCCN(CCC)S(=O)(=O)N1C(C)CCCC1CN. The Morgan fingerprint density at radius 2 is 1.79 bits per heavy atom. The topological polar surface area (TPSA) is 66.6 Å². The second-order valence-corrected chi connectivity index (χ2v) is 7.24. The van der Waals surface area contributed by atoms with Crippen molar-refractivity contribution in [2.45, 2.75) is 65.0 Å². The quantitative estimate of drug-likeness (QED) is 0.774. The van der Waals surface area contributed by atoms with Crippen LogP contribution in [0.25, 0.3) is 0 Å². The van der Waals surface area contributed by atoms with Crippen LogP contribution in [0.1, 0.15) is 52.9 Å². The van der Waals surface area contributed by atoms with Gasteiger partial charge in [-0.1, -0.05) is 20.3 Å². The summed E-state index contributed by atoms with van der Waals surface area (Å²) in [5.41, 5.74) is 5.78. The molecular formula is C13H29N3O2S. The molecule has 2 N–H and O–H groups in total. The average Bonchev–Trinajstić information content (AvgIpc) is 2.37. The summed E-state index contributed by atoms with van der Waals surface area (Å²) in [5.74, 6) is 0. The van der Waals surface area contributed by atoms with Crippen molar-refractivity contribution in [3.8, 4) is 0 Å². The van der Waals surface area contributed by atoms with E-state index in [2.05, 4.69) is 0 Å². The highest BCUT2D eigenvalue weighted by Crippen LogP contribution is 2.27. The molecule has 0 aromatic rings. The van der Waals surface area contributed by atoms with Crippen LogP contribution in [0.4, 0.5) is 0 Å². The smallest absolute Gasteiger partial charge is 0.282 e. The van der Waals surface area contributed by atoms with Gasteiger partial charge in [0.1, 0.15) is 0 Å². The third kappa shape index (κ3) is 3.90. The molecule has 0 spiro atoms. The zero-order chi connectivity index (χ0) is 14.5. The van der Waals surface area contributed by atoms with Crippen LogP contribution in [0.2, 0.25) is 0 Å². The molecule has 0 bridgehead atoms. The van der Waals surface area contributed by atoms with Crippen LogP contribution in [0.5, 0.6) is 0 Å². The van der Waals surface area contributed by atoms with Crippen LogP contribution in [0.15, 0.2) is 0 Å². The summed E-state index contributed by atoms with van der Waals surface area (Å²) in [5, 5.41) is 0. The molecule has 1 rings (SSSR count). The Kier molecular flexibility index (Phi) is 6.73. The molecule has 0 radical (unpaired) electrons. The van der Waals surface area contributed by atoms with Gasteiger partial charge in [0.25, 0.3) is 10.2 Å². The third-order valence-electron chi connectivity index (χ3n) is 3.76. The first-order chi connectivity index (χ1) is 8.98. The maximum absolute atomic E-state index is 12.8. The van der Waals surface area contributed by atoms with Crippen molar-refractivity contribution in [2.24, 2.45) is 5.73 Å². The monoisotopic (exact) mass is 291 g/mol. The summed E-state index contributed by atoms with van der Waals surface area (Å²) in [6, 6.07) is 0.0217. The van der Waals surface area contributed by atoms with Crippen molar-refractivity contribution in [1.82, 2.24) is 8.61 Å². The Balaban J connectivity index is 2.99. The van der Waals surface area contributed by atoms with Gasteiger partial charge in [0.2, 0.25) is 0 Å². The zero-order valence-corrected chi connectivity index (χ0v) is 13.3. The normalized spacial score (nSPS) is 25.9. The van der Waals surface area contributed by atoms with Crippen molar-refractivity contribution in [1.29, 1.82) is 0 Å². The number of hydrogen-bond acceptors (Lipinski definition) is 3. The molecule has 1 saturated heterocycles. The van der Waals surface area contributed by atoms with Gasteiger partial charge in [-0.05, 0) is 32.6 Å². The molecule has 5 nitrogen and oxygen atoms in total. The summed E-state index contributed by atoms with van der Waals surface area (Å²) in [6.45, 7) is 7.62. The first-order valence-electron chi connectivity index (χ1n) is 7.47. The number of hydrogen-bond donors (Lipinski definition) is 1. The van der Waals surface area contributed by atoms with E-state index < -0.39 is 10.2 Å². The molecule has 19 heavy (non-hydrogen) atoms. The maximum Gasteiger partial charge on any atom is 0.282 e. The van der Waals surface area contributed by atoms with Gasteiger partial charge in [-0.3, -0.25) is 0 Å². The van der Waals surface area contributed by atoms with Gasteiger partial charge < -0.3 is 5.73 Å². The lowest BCUT2D eigenvalue weighted by atomic mass is 10.00. The molecule has 2 unspecified atom stereocenters. The van der Waals surface area contributed by atoms with E-state index in [9.17, 15) is 8.42 Å².